The first kappa shape index (κ1) is 31.5. The van der Waals surface area contributed by atoms with Crippen molar-refractivity contribution in [3.63, 3.8) is 0 Å². The normalized spacial score (nSPS) is 14.5. The van der Waals surface area contributed by atoms with E-state index in [0.29, 0.717) is 48.0 Å². The summed E-state index contributed by atoms with van der Waals surface area (Å²) in [6, 6.07) is 10.6. The maximum Gasteiger partial charge on any atom is 0.419 e. The van der Waals surface area contributed by atoms with Crippen molar-refractivity contribution in [2.24, 2.45) is 0 Å². The number of halogens is 5. The van der Waals surface area contributed by atoms with Gasteiger partial charge in [-0.05, 0) is 91.8 Å². The van der Waals surface area contributed by atoms with E-state index in [1.54, 1.807) is 6.20 Å². The predicted octanol–water partition coefficient (Wildman–Crippen LogP) is 7.96. The number of aromatic nitrogens is 3. The summed E-state index contributed by atoms with van der Waals surface area (Å²) in [5.41, 5.74) is 0.330. The van der Waals surface area contributed by atoms with Crippen molar-refractivity contribution < 1.29 is 30.9 Å². The van der Waals surface area contributed by atoms with Gasteiger partial charge in [0.25, 0.3) is 0 Å². The third kappa shape index (κ3) is 7.02. The fraction of sp³-hybridized carbons (Fsp3) is 0.355. The first-order valence-electron chi connectivity index (χ1n) is 14.3. The van der Waals surface area contributed by atoms with E-state index in [4.69, 9.17) is 9.15 Å². The van der Waals surface area contributed by atoms with E-state index in [0.717, 1.165) is 51.6 Å². The van der Waals surface area contributed by atoms with E-state index in [1.165, 1.54) is 6.07 Å². The van der Waals surface area contributed by atoms with Crippen molar-refractivity contribution >= 4 is 60.0 Å². The van der Waals surface area contributed by atoms with Crippen molar-refractivity contribution in [1.82, 2.24) is 19.7 Å². The molecule has 2 aromatic carbocycles. The van der Waals surface area contributed by atoms with Crippen LogP contribution in [-0.2, 0) is 29.3 Å². The molecule has 5 aromatic rings. The number of fused-ring (bicyclic) bond motifs is 3. The molecule has 1 aliphatic rings. The van der Waals surface area contributed by atoms with Gasteiger partial charge in [0.05, 0.1) is 51.6 Å². The number of hydrogen-bond donors (Lipinski definition) is 1. The molecular formula is C31H30BrF4N5O3S. The summed E-state index contributed by atoms with van der Waals surface area (Å²) in [6.07, 6.45) is -0.689. The Kier molecular flexibility index (Phi) is 8.90. The molecule has 45 heavy (non-hydrogen) atoms. The molecule has 8 nitrogen and oxygen atoms in total. The molecule has 6 rings (SSSR count). The van der Waals surface area contributed by atoms with E-state index in [2.05, 4.69) is 36.0 Å². The Bertz CT molecular complexity index is 1890. The van der Waals surface area contributed by atoms with Crippen LogP contribution in [0.4, 0.5) is 29.1 Å². The molecule has 0 bridgehead atoms. The Morgan fingerprint density at radius 2 is 1.91 bits per heavy atom. The molecule has 1 atom stereocenters. The second kappa shape index (κ2) is 12.7. The highest BCUT2D eigenvalue weighted by molar-refractivity contribution is 9.10. The summed E-state index contributed by atoms with van der Waals surface area (Å²) in [6.45, 7) is 0.996. The van der Waals surface area contributed by atoms with Crippen molar-refractivity contribution in [2.75, 3.05) is 31.8 Å². The summed E-state index contributed by atoms with van der Waals surface area (Å²) in [5, 5.41) is 12.7. The number of alkyl halides is 3. The van der Waals surface area contributed by atoms with Crippen molar-refractivity contribution in [3.8, 4) is 5.75 Å². The third-order valence-electron chi connectivity index (χ3n) is 7.38. The van der Waals surface area contributed by atoms with Crippen LogP contribution in [0, 0.1) is 5.82 Å². The zero-order valence-corrected chi connectivity index (χ0v) is 26.9. The van der Waals surface area contributed by atoms with Gasteiger partial charge in [-0.3, -0.25) is 4.21 Å². The molecule has 0 saturated heterocycles. The topological polar surface area (TPSA) is 85.4 Å². The minimum absolute atomic E-state index is 0.0305. The van der Waals surface area contributed by atoms with Crippen molar-refractivity contribution in [3.05, 3.63) is 76.0 Å². The number of ether oxygens (including phenoxy) is 1. The molecule has 1 saturated carbocycles. The minimum atomic E-state index is -4.85. The zero-order valence-electron chi connectivity index (χ0n) is 24.5. The minimum Gasteiger partial charge on any atom is -0.492 e. The van der Waals surface area contributed by atoms with Gasteiger partial charge in [0.15, 0.2) is 5.82 Å². The number of furan rings is 1. The van der Waals surface area contributed by atoms with Crippen molar-refractivity contribution in [1.29, 1.82) is 0 Å². The maximum absolute atomic E-state index is 13.9. The number of anilines is 2. The Hall–Kier alpha value is -3.49. The summed E-state index contributed by atoms with van der Waals surface area (Å²) >= 11 is 3.63. The number of nitrogens with one attached hydrogen (secondary N) is 1. The molecule has 1 aliphatic carbocycles. The van der Waals surface area contributed by atoms with Gasteiger partial charge in [-0.25, -0.2) is 4.39 Å². The summed E-state index contributed by atoms with van der Waals surface area (Å²) in [4.78, 5) is 2.00. The maximum atomic E-state index is 13.9. The van der Waals surface area contributed by atoms with Crippen LogP contribution in [-0.4, -0.2) is 50.3 Å². The molecule has 3 aromatic heterocycles. The van der Waals surface area contributed by atoms with Crippen LogP contribution in [0.2, 0.25) is 0 Å². The molecule has 1 unspecified atom stereocenters. The fourth-order valence-electron chi connectivity index (χ4n) is 5.31. The Morgan fingerprint density at radius 1 is 1.13 bits per heavy atom. The largest absolute Gasteiger partial charge is 0.492 e. The van der Waals surface area contributed by atoms with Gasteiger partial charge in [-0.15, -0.1) is 5.10 Å². The quantitative estimate of drug-likeness (QED) is 0.104. The van der Waals surface area contributed by atoms with Crippen LogP contribution in [0.25, 0.3) is 21.8 Å². The highest BCUT2D eigenvalue weighted by atomic mass is 79.9. The van der Waals surface area contributed by atoms with Crippen LogP contribution in [0.5, 0.6) is 5.75 Å². The van der Waals surface area contributed by atoms with Gasteiger partial charge in [0, 0.05) is 33.7 Å². The molecule has 0 radical (unpaired) electrons. The van der Waals surface area contributed by atoms with Gasteiger partial charge in [0.2, 0.25) is 0 Å². The van der Waals surface area contributed by atoms with Gasteiger partial charge in [-0.2, -0.15) is 18.3 Å². The SMILES string of the molecule is CN(C)Cc1ccc(CS(=O)CCCOc2cc3c4c(Nc5ccc(F)c(C(F)(F)F)c5)nncc4n(C4CC4)c3cc2Br)o1. The van der Waals surface area contributed by atoms with E-state index < -0.39 is 28.4 Å². The molecule has 238 valence electrons. The Morgan fingerprint density at radius 3 is 2.64 bits per heavy atom. The second-order valence-electron chi connectivity index (χ2n) is 11.3. The van der Waals surface area contributed by atoms with Crippen LogP contribution >= 0.6 is 15.9 Å². The van der Waals surface area contributed by atoms with Crippen molar-refractivity contribution in [2.45, 2.75) is 43.8 Å². The summed E-state index contributed by atoms with van der Waals surface area (Å²) < 4.78 is 81.5. The number of nitrogens with zero attached hydrogens (tertiary/aromatic N) is 4. The van der Waals surface area contributed by atoms with E-state index in [1.807, 2.05) is 43.3 Å². The van der Waals surface area contributed by atoms with Crippen LogP contribution in [0.15, 0.2) is 57.6 Å². The Balaban J connectivity index is 1.22. The lowest BCUT2D eigenvalue weighted by molar-refractivity contribution is -0.139. The number of hydrogen-bond acceptors (Lipinski definition) is 7. The first-order valence-corrected chi connectivity index (χ1v) is 16.6. The number of benzene rings is 2. The van der Waals surface area contributed by atoms with E-state index in [9.17, 15) is 21.8 Å². The smallest absolute Gasteiger partial charge is 0.419 e. The lowest BCUT2D eigenvalue weighted by Gasteiger charge is -2.12. The lowest BCUT2D eigenvalue weighted by atomic mass is 10.1. The van der Waals surface area contributed by atoms with Crippen LogP contribution < -0.4 is 10.1 Å². The van der Waals surface area contributed by atoms with E-state index in [-0.39, 0.29) is 17.5 Å². The van der Waals surface area contributed by atoms with Gasteiger partial charge in [-0.1, -0.05) is 0 Å². The van der Waals surface area contributed by atoms with Gasteiger partial charge < -0.3 is 23.9 Å². The van der Waals surface area contributed by atoms with Crippen LogP contribution in [0.3, 0.4) is 0 Å². The number of rotatable bonds is 12. The molecule has 0 spiro atoms. The predicted molar refractivity (Wildman–Crippen MR) is 169 cm³/mol. The van der Waals surface area contributed by atoms with Gasteiger partial charge >= 0.3 is 6.18 Å². The molecule has 14 heteroatoms. The highest BCUT2D eigenvalue weighted by Gasteiger charge is 2.34. The molecular weight excluding hydrogens is 678 g/mol. The van der Waals surface area contributed by atoms with Crippen LogP contribution in [0.1, 0.15) is 42.4 Å². The highest BCUT2D eigenvalue weighted by Crippen LogP contribution is 2.46. The molecule has 0 aliphatic heterocycles. The first-order chi connectivity index (χ1) is 21.5. The van der Waals surface area contributed by atoms with E-state index >= 15 is 0 Å². The molecule has 0 amide bonds. The average molecular weight is 709 g/mol. The monoisotopic (exact) mass is 707 g/mol. The second-order valence-corrected chi connectivity index (χ2v) is 13.7. The van der Waals surface area contributed by atoms with Gasteiger partial charge in [0.1, 0.15) is 23.1 Å². The molecule has 1 N–H and O–H groups in total. The lowest BCUT2D eigenvalue weighted by Crippen LogP contribution is -2.09. The zero-order chi connectivity index (χ0) is 31.9. The Labute approximate surface area is 267 Å². The summed E-state index contributed by atoms with van der Waals surface area (Å²) in [5.74, 6) is 1.73. The molecule has 1 fully saturated rings. The average Bonchev–Trinajstić information content (AvgIpc) is 3.63. The summed E-state index contributed by atoms with van der Waals surface area (Å²) in [7, 11) is 2.79. The fourth-order valence-corrected chi connectivity index (χ4v) is 6.81. The molecule has 3 heterocycles. The third-order valence-corrected chi connectivity index (χ3v) is 9.35. The standard InChI is InChI=1S/C31H30BrF4N5O3S/c1-40(2)16-20-7-8-21(44-20)17-45(42)11-3-10-43-28-13-22-26(14-24(28)32)41(19-5-6-19)27-15-37-39-30(29(22)27)38-18-4-9-25(33)23(12-18)31(34,35)36/h4,7-9,12-15,19H,3,5-6,10-11,16-17H2,1-2H3,(H,38,39).